The van der Waals surface area contributed by atoms with Gasteiger partial charge in [0.1, 0.15) is 11.4 Å². The number of benzene rings is 2. The van der Waals surface area contributed by atoms with Crippen LogP contribution in [-0.2, 0) is 23.6 Å². The molecule has 16 heteroatoms. The number of nitrogens with one attached hydrogen (secondary N) is 3. The average Bonchev–Trinajstić information content (AvgIpc) is 3.71. The van der Waals surface area contributed by atoms with Crippen LogP contribution in [0.3, 0.4) is 0 Å². The Morgan fingerprint density at radius 2 is 1.41 bits per heavy atom. The highest BCUT2D eigenvalue weighted by atomic mass is 19.4. The predicted octanol–water partition coefficient (Wildman–Crippen LogP) is 5.28. The van der Waals surface area contributed by atoms with E-state index < -0.39 is 12.1 Å². The highest BCUT2D eigenvalue weighted by Crippen LogP contribution is 2.19. The summed E-state index contributed by atoms with van der Waals surface area (Å²) in [6, 6.07) is 22.5. The number of aryl methyl sites for hydroxylation is 2. The zero-order valence-electron chi connectivity index (χ0n) is 29.4. The van der Waals surface area contributed by atoms with E-state index in [1.807, 2.05) is 60.7 Å². The molecule has 0 spiro atoms. The molecule has 0 unspecified atom stereocenters. The van der Waals surface area contributed by atoms with E-state index in [1.165, 1.54) is 0 Å². The number of carboxylic acids is 1. The minimum absolute atomic E-state index is 0.212. The molecular formula is C38H38F3N7O6. The molecule has 4 N–H and O–H groups in total. The number of alkyl halides is 3. The molecule has 0 aliphatic carbocycles. The van der Waals surface area contributed by atoms with E-state index in [2.05, 4.69) is 25.8 Å². The van der Waals surface area contributed by atoms with Crippen LogP contribution in [0, 0.1) is 0 Å². The van der Waals surface area contributed by atoms with Gasteiger partial charge in [-0.3, -0.25) is 19.3 Å². The number of halogens is 3. The van der Waals surface area contributed by atoms with Crippen molar-refractivity contribution in [1.29, 1.82) is 0 Å². The van der Waals surface area contributed by atoms with Gasteiger partial charge in [0.15, 0.2) is 0 Å². The summed E-state index contributed by atoms with van der Waals surface area (Å²) in [6.07, 6.45) is 2.18. The molecule has 1 fully saturated rings. The summed E-state index contributed by atoms with van der Waals surface area (Å²) >= 11 is 0. The second-order valence-electron chi connectivity index (χ2n) is 12.3. The molecule has 6 rings (SSSR count). The molecule has 0 saturated carbocycles. The molecule has 5 aromatic rings. The quantitative estimate of drug-likeness (QED) is 0.150. The van der Waals surface area contributed by atoms with Crippen molar-refractivity contribution < 1.29 is 42.2 Å². The first-order valence-electron chi connectivity index (χ1n) is 16.7. The fourth-order valence-corrected chi connectivity index (χ4v) is 5.46. The number of rotatable bonds is 10. The second kappa shape index (κ2) is 17.5. The number of carbonyl (C=O) groups is 4. The van der Waals surface area contributed by atoms with Crippen LogP contribution in [0.15, 0.2) is 85.2 Å². The summed E-state index contributed by atoms with van der Waals surface area (Å²) in [6.45, 7) is 4.41. The smallest absolute Gasteiger partial charge is 0.475 e. The van der Waals surface area contributed by atoms with Crippen LogP contribution in [0.25, 0.3) is 23.1 Å². The number of para-hydroxylation sites is 1. The van der Waals surface area contributed by atoms with Crippen molar-refractivity contribution in [3.8, 4) is 0 Å². The van der Waals surface area contributed by atoms with Gasteiger partial charge in [0, 0.05) is 63.6 Å². The lowest BCUT2D eigenvalue weighted by molar-refractivity contribution is -0.192. The summed E-state index contributed by atoms with van der Waals surface area (Å²) in [5.41, 5.74) is 4.98. The molecule has 2 aromatic carbocycles. The van der Waals surface area contributed by atoms with E-state index in [4.69, 9.17) is 14.6 Å². The number of morpholine rings is 1. The summed E-state index contributed by atoms with van der Waals surface area (Å²) < 4.78 is 40.4. The first-order valence-corrected chi connectivity index (χ1v) is 16.7. The summed E-state index contributed by atoms with van der Waals surface area (Å²) in [5.74, 6) is -3.62. The van der Waals surface area contributed by atoms with Gasteiger partial charge in [-0.2, -0.15) is 13.2 Å². The third-order valence-corrected chi connectivity index (χ3v) is 8.29. The summed E-state index contributed by atoms with van der Waals surface area (Å²) in [4.78, 5) is 54.7. The number of nitrogens with zero attached hydrogens (tertiary/aromatic N) is 4. The Kier molecular flexibility index (Phi) is 12.6. The first-order chi connectivity index (χ1) is 25.8. The van der Waals surface area contributed by atoms with Crippen molar-refractivity contribution in [3.05, 3.63) is 113 Å². The SMILES string of the molecule is Cn1cc(NC(=O)c2cc(NC(=O)c3ccc(/C=C/c4ccc5ccccc5n4)cc3)cn2C)cc1C(=O)NCCN1CCOCC1.O=C(O)C(F)(F)F. The molecule has 1 saturated heterocycles. The van der Waals surface area contributed by atoms with Gasteiger partial charge in [-0.15, -0.1) is 0 Å². The predicted molar refractivity (Wildman–Crippen MR) is 197 cm³/mol. The van der Waals surface area contributed by atoms with Crippen molar-refractivity contribution in [2.75, 3.05) is 50.0 Å². The number of aromatic nitrogens is 3. The number of carboxylic acid groups (broad SMARTS) is 1. The van der Waals surface area contributed by atoms with Crippen LogP contribution in [0.4, 0.5) is 24.5 Å². The minimum atomic E-state index is -5.08. The van der Waals surface area contributed by atoms with Gasteiger partial charge in [0.05, 0.1) is 35.8 Å². The van der Waals surface area contributed by atoms with Crippen molar-refractivity contribution in [2.24, 2.45) is 14.1 Å². The van der Waals surface area contributed by atoms with Gasteiger partial charge >= 0.3 is 12.1 Å². The molecule has 4 heterocycles. The molecule has 0 radical (unpaired) electrons. The van der Waals surface area contributed by atoms with Crippen LogP contribution >= 0.6 is 0 Å². The van der Waals surface area contributed by atoms with E-state index in [-0.39, 0.29) is 17.7 Å². The van der Waals surface area contributed by atoms with Gasteiger partial charge < -0.3 is 34.9 Å². The number of hydrogen-bond acceptors (Lipinski definition) is 7. The molecule has 1 aliphatic heterocycles. The molecule has 3 amide bonds. The highest BCUT2D eigenvalue weighted by Gasteiger charge is 2.38. The Morgan fingerprint density at radius 3 is 2.04 bits per heavy atom. The third kappa shape index (κ3) is 10.6. The minimum Gasteiger partial charge on any atom is -0.475 e. The number of amides is 3. The number of anilines is 2. The zero-order chi connectivity index (χ0) is 38.8. The Balaban J connectivity index is 0.000000730. The van der Waals surface area contributed by atoms with Crippen molar-refractivity contribution in [2.45, 2.75) is 6.18 Å². The molecular weight excluding hydrogens is 707 g/mol. The number of ether oxygens (including phenoxy) is 1. The van der Waals surface area contributed by atoms with Crippen LogP contribution in [0.1, 0.15) is 42.6 Å². The fourth-order valence-electron chi connectivity index (χ4n) is 5.46. The topological polar surface area (TPSA) is 160 Å². The number of pyridine rings is 1. The van der Waals surface area contributed by atoms with Crippen LogP contribution < -0.4 is 16.0 Å². The number of aliphatic carboxylic acids is 1. The maximum absolute atomic E-state index is 13.1. The van der Waals surface area contributed by atoms with E-state index in [9.17, 15) is 27.6 Å². The molecule has 54 heavy (non-hydrogen) atoms. The van der Waals surface area contributed by atoms with E-state index in [0.717, 1.165) is 41.8 Å². The first kappa shape index (κ1) is 39.0. The Morgan fingerprint density at radius 1 is 0.815 bits per heavy atom. The lowest BCUT2D eigenvalue weighted by atomic mass is 10.1. The van der Waals surface area contributed by atoms with Crippen molar-refractivity contribution in [3.63, 3.8) is 0 Å². The van der Waals surface area contributed by atoms with Crippen LogP contribution in [0.5, 0.6) is 0 Å². The standard InChI is InChI=1S/C36H37N7O4.C2HF3O2/c1-41-24-30(21-32(41)35(45)37-15-16-43-17-19-47-20-18-43)40-36(46)33-22-29(23-42(33)2)39-34(44)27-10-7-25(8-11-27)9-13-28-14-12-26-5-3-4-6-31(26)38-28;3-2(4,5)1(6)7/h3-14,21-24H,15-20H2,1-2H3,(H,37,45)(H,39,44)(H,40,46);(H,6,7)/b13-9+;. The number of carbonyl (C=O) groups excluding carboxylic acids is 3. The molecule has 282 valence electrons. The molecule has 3 aromatic heterocycles. The summed E-state index contributed by atoms with van der Waals surface area (Å²) in [7, 11) is 3.49. The monoisotopic (exact) mass is 745 g/mol. The van der Waals surface area contributed by atoms with E-state index >= 15 is 0 Å². The molecule has 0 bridgehead atoms. The van der Waals surface area contributed by atoms with Gasteiger partial charge in [-0.25, -0.2) is 9.78 Å². The Bertz CT molecular complexity index is 2150. The average molecular weight is 746 g/mol. The van der Waals surface area contributed by atoms with Crippen molar-refractivity contribution >= 4 is 58.1 Å². The summed E-state index contributed by atoms with van der Waals surface area (Å²) in [5, 5.41) is 16.9. The third-order valence-electron chi connectivity index (χ3n) is 8.29. The molecule has 13 nitrogen and oxygen atoms in total. The number of hydrogen-bond donors (Lipinski definition) is 4. The van der Waals surface area contributed by atoms with E-state index in [0.29, 0.717) is 48.1 Å². The lowest BCUT2D eigenvalue weighted by Gasteiger charge is -2.26. The van der Waals surface area contributed by atoms with E-state index in [1.54, 1.807) is 59.9 Å². The zero-order valence-corrected chi connectivity index (χ0v) is 29.4. The molecule has 1 aliphatic rings. The fraction of sp³-hybridized carbons (Fsp3) is 0.237. The lowest BCUT2D eigenvalue weighted by Crippen LogP contribution is -2.41. The molecule has 0 atom stereocenters. The Hall–Kier alpha value is -6.26. The normalized spacial score (nSPS) is 13.3. The van der Waals surface area contributed by atoms with Gasteiger partial charge in [-0.1, -0.05) is 42.5 Å². The highest BCUT2D eigenvalue weighted by molar-refractivity contribution is 6.07. The van der Waals surface area contributed by atoms with Crippen LogP contribution in [0.2, 0.25) is 0 Å². The Labute approximate surface area is 308 Å². The maximum atomic E-state index is 13.1. The largest absolute Gasteiger partial charge is 0.490 e. The van der Waals surface area contributed by atoms with Gasteiger partial charge in [-0.05, 0) is 48.0 Å². The van der Waals surface area contributed by atoms with Gasteiger partial charge in [0.2, 0.25) is 0 Å². The number of fused-ring (bicyclic) bond motifs is 1. The maximum Gasteiger partial charge on any atom is 0.490 e. The second-order valence-corrected chi connectivity index (χ2v) is 12.3. The van der Waals surface area contributed by atoms with Crippen LogP contribution in [-0.4, -0.2) is 93.4 Å². The van der Waals surface area contributed by atoms with Crippen molar-refractivity contribution in [1.82, 2.24) is 24.3 Å². The van der Waals surface area contributed by atoms with Gasteiger partial charge in [0.25, 0.3) is 17.7 Å².